The second-order valence-corrected chi connectivity index (χ2v) is 10.7. The van der Waals surface area contributed by atoms with E-state index in [0.29, 0.717) is 34.8 Å². The van der Waals surface area contributed by atoms with Crippen molar-refractivity contribution in [3.8, 4) is 17.2 Å². The summed E-state index contributed by atoms with van der Waals surface area (Å²) in [6.45, 7) is 5.84. The number of carbonyl (C=O) groups is 1. The lowest BCUT2D eigenvalue weighted by Crippen LogP contribution is -2.26. The van der Waals surface area contributed by atoms with Gasteiger partial charge in [0.1, 0.15) is 11.6 Å². The van der Waals surface area contributed by atoms with Gasteiger partial charge in [-0.05, 0) is 78.8 Å². The molecule has 40 heavy (non-hydrogen) atoms. The molecule has 0 saturated carbocycles. The molecule has 4 unspecified atom stereocenters. The normalized spacial score (nSPS) is 21.2. The summed E-state index contributed by atoms with van der Waals surface area (Å²) < 4.78 is 42.3. The second-order valence-electron chi connectivity index (χ2n) is 10.7. The molecule has 212 valence electrons. The Labute approximate surface area is 230 Å². The van der Waals surface area contributed by atoms with Gasteiger partial charge in [0, 0.05) is 24.5 Å². The largest absolute Gasteiger partial charge is 0.586 e. The van der Waals surface area contributed by atoms with Gasteiger partial charge in [0.15, 0.2) is 11.5 Å². The van der Waals surface area contributed by atoms with E-state index in [9.17, 15) is 23.8 Å². The predicted octanol–water partition coefficient (Wildman–Crippen LogP) is 5.38. The molecule has 4 atom stereocenters. The van der Waals surface area contributed by atoms with E-state index in [-0.39, 0.29) is 30.1 Å². The molecular formula is C30H32F2N2O6. The molecule has 0 amide bonds. The molecule has 3 aromatic rings. The molecule has 2 heterocycles. The van der Waals surface area contributed by atoms with Crippen molar-refractivity contribution in [3.63, 3.8) is 0 Å². The van der Waals surface area contributed by atoms with Crippen LogP contribution < -0.4 is 19.5 Å². The van der Waals surface area contributed by atoms with Crippen molar-refractivity contribution >= 4 is 11.8 Å². The fraction of sp³-hybridized carbons (Fsp3) is 0.400. The number of ether oxygens (including phenoxy) is 3. The highest BCUT2D eigenvalue weighted by Crippen LogP contribution is 2.54. The van der Waals surface area contributed by atoms with Gasteiger partial charge in [0.2, 0.25) is 0 Å². The number of nitrogens with zero attached hydrogens (tertiary/aromatic N) is 1. The zero-order valence-electron chi connectivity index (χ0n) is 22.7. The predicted molar refractivity (Wildman–Crippen MR) is 143 cm³/mol. The third kappa shape index (κ3) is 5.15. The number of anilines is 1. The monoisotopic (exact) mass is 554 g/mol. The summed E-state index contributed by atoms with van der Waals surface area (Å²) in [5.74, 6) is -2.54. The number of aliphatic hydroxyl groups excluding tert-OH is 1. The molecule has 0 fully saturated rings. The third-order valence-electron chi connectivity index (χ3n) is 7.38. The molecule has 8 nitrogen and oxygen atoms in total. The van der Waals surface area contributed by atoms with Crippen LogP contribution in [-0.2, 0) is 11.2 Å². The number of aliphatic hydroxyl groups is 1. The molecule has 0 bridgehead atoms. The first-order valence-electron chi connectivity index (χ1n) is 13.2. The Bertz CT molecular complexity index is 1430. The zero-order valence-corrected chi connectivity index (χ0v) is 22.7. The van der Waals surface area contributed by atoms with Gasteiger partial charge in [-0.2, -0.15) is 0 Å². The van der Waals surface area contributed by atoms with Crippen LogP contribution in [0.5, 0.6) is 17.2 Å². The minimum Gasteiger partial charge on any atom is -0.497 e. The van der Waals surface area contributed by atoms with E-state index in [4.69, 9.17) is 9.72 Å². The van der Waals surface area contributed by atoms with Crippen LogP contribution in [0.25, 0.3) is 0 Å². The number of carboxylic acid groups (broad SMARTS) is 1. The summed E-state index contributed by atoms with van der Waals surface area (Å²) >= 11 is 0. The van der Waals surface area contributed by atoms with E-state index in [1.165, 1.54) is 12.1 Å². The number of nitrogens with one attached hydrogen (secondary N) is 1. The number of rotatable bonds is 9. The van der Waals surface area contributed by atoms with Gasteiger partial charge < -0.3 is 29.7 Å². The van der Waals surface area contributed by atoms with Gasteiger partial charge in [0.25, 0.3) is 0 Å². The van der Waals surface area contributed by atoms with Crippen molar-refractivity contribution in [2.45, 2.75) is 51.4 Å². The van der Waals surface area contributed by atoms with Gasteiger partial charge in [0.05, 0.1) is 18.7 Å². The molecule has 5 rings (SSSR count). The van der Waals surface area contributed by atoms with Crippen LogP contribution in [0.15, 0.2) is 48.5 Å². The number of fused-ring (bicyclic) bond motifs is 2. The average molecular weight is 555 g/mol. The van der Waals surface area contributed by atoms with E-state index in [2.05, 4.69) is 14.8 Å². The molecule has 0 spiro atoms. The van der Waals surface area contributed by atoms with Crippen LogP contribution in [0, 0.1) is 11.8 Å². The third-order valence-corrected chi connectivity index (χ3v) is 7.38. The number of pyridine rings is 1. The van der Waals surface area contributed by atoms with Gasteiger partial charge in [-0.25, -0.2) is 4.98 Å². The minimum absolute atomic E-state index is 0.0363. The van der Waals surface area contributed by atoms with Crippen molar-refractivity contribution < 1.29 is 38.0 Å². The smallest absolute Gasteiger partial charge is 0.497 e. The van der Waals surface area contributed by atoms with E-state index >= 15 is 0 Å². The zero-order chi connectivity index (χ0) is 28.8. The standard InChI is InChI=1S/C30H32F2N2O6/c1-15(2)33-24-10-8-21-25(17-5-9-22-23(13-17)40-30(31,32)39-22)27(29(36)37)26(28(21)34-24)20-7-6-19(38-4)12-18(20)11-16(3)14-35/h5-10,12-13,15-16,25-27,35H,11,14H2,1-4H3,(H,33,34)(H,36,37). The first-order chi connectivity index (χ1) is 19.0. The fourth-order valence-corrected chi connectivity index (χ4v) is 5.73. The molecule has 3 N–H and O–H groups in total. The van der Waals surface area contributed by atoms with Crippen LogP contribution >= 0.6 is 0 Å². The number of benzene rings is 2. The van der Waals surface area contributed by atoms with E-state index in [0.717, 1.165) is 11.1 Å². The molecule has 2 aromatic carbocycles. The number of carboxylic acids is 1. The Morgan fingerprint density at radius 1 is 1.05 bits per heavy atom. The lowest BCUT2D eigenvalue weighted by molar-refractivity contribution is -0.286. The molecular weight excluding hydrogens is 522 g/mol. The summed E-state index contributed by atoms with van der Waals surface area (Å²) in [5, 5.41) is 23.7. The number of alkyl halides is 2. The lowest BCUT2D eigenvalue weighted by Gasteiger charge is -2.25. The number of hydrogen-bond donors (Lipinski definition) is 3. The Balaban J connectivity index is 1.70. The van der Waals surface area contributed by atoms with Crippen LogP contribution in [0.3, 0.4) is 0 Å². The average Bonchev–Trinajstić information content (AvgIpc) is 3.40. The van der Waals surface area contributed by atoms with Crippen molar-refractivity contribution in [3.05, 3.63) is 76.5 Å². The van der Waals surface area contributed by atoms with Crippen molar-refractivity contribution in [2.24, 2.45) is 11.8 Å². The molecule has 2 aliphatic rings. The number of hydrogen-bond acceptors (Lipinski definition) is 7. The highest BCUT2D eigenvalue weighted by Gasteiger charge is 2.49. The van der Waals surface area contributed by atoms with Gasteiger partial charge in [-0.1, -0.05) is 25.1 Å². The summed E-state index contributed by atoms with van der Waals surface area (Å²) in [6.07, 6.45) is -3.29. The Morgan fingerprint density at radius 2 is 1.77 bits per heavy atom. The van der Waals surface area contributed by atoms with E-state index in [1.807, 2.05) is 39.0 Å². The minimum atomic E-state index is -3.79. The quantitative estimate of drug-likeness (QED) is 0.323. The number of aliphatic carboxylic acids is 1. The summed E-state index contributed by atoms with van der Waals surface area (Å²) in [7, 11) is 1.56. The van der Waals surface area contributed by atoms with Gasteiger partial charge in [-0.3, -0.25) is 4.79 Å². The first-order valence-corrected chi connectivity index (χ1v) is 13.2. The SMILES string of the molecule is COc1ccc(C2c3nc(NC(C)C)ccc3C(c3ccc4c(c3)OC(F)(F)O4)C2C(=O)O)c(CC(C)CO)c1. The summed E-state index contributed by atoms with van der Waals surface area (Å²) in [4.78, 5) is 18.0. The molecule has 1 aliphatic carbocycles. The summed E-state index contributed by atoms with van der Waals surface area (Å²) in [6, 6.07) is 13.7. The number of aromatic nitrogens is 1. The maximum atomic E-state index is 13.8. The topological polar surface area (TPSA) is 110 Å². The molecule has 0 radical (unpaired) electrons. The maximum Gasteiger partial charge on any atom is 0.586 e. The number of methoxy groups -OCH3 is 1. The van der Waals surface area contributed by atoms with Crippen LogP contribution in [0.1, 0.15) is 60.6 Å². The van der Waals surface area contributed by atoms with Crippen molar-refractivity contribution in [1.29, 1.82) is 0 Å². The van der Waals surface area contributed by atoms with Crippen LogP contribution in [0.4, 0.5) is 14.6 Å². The summed E-state index contributed by atoms with van der Waals surface area (Å²) in [5.41, 5.74) is 3.39. The fourth-order valence-electron chi connectivity index (χ4n) is 5.73. The van der Waals surface area contributed by atoms with E-state index in [1.54, 1.807) is 25.3 Å². The second kappa shape index (κ2) is 10.6. The molecule has 1 aliphatic heterocycles. The van der Waals surface area contributed by atoms with Crippen molar-refractivity contribution in [1.82, 2.24) is 4.98 Å². The Kier molecular flexibility index (Phi) is 7.31. The van der Waals surface area contributed by atoms with Crippen molar-refractivity contribution in [2.75, 3.05) is 19.0 Å². The van der Waals surface area contributed by atoms with Crippen LogP contribution in [-0.4, -0.2) is 47.2 Å². The van der Waals surface area contributed by atoms with Gasteiger partial charge in [-0.15, -0.1) is 8.78 Å². The molecule has 1 aromatic heterocycles. The highest BCUT2D eigenvalue weighted by molar-refractivity contribution is 5.78. The Morgan fingerprint density at radius 3 is 2.45 bits per heavy atom. The Hall–Kier alpha value is -3.92. The first kappa shape index (κ1) is 27.6. The lowest BCUT2D eigenvalue weighted by atomic mass is 9.78. The molecule has 0 saturated heterocycles. The van der Waals surface area contributed by atoms with Gasteiger partial charge >= 0.3 is 12.3 Å². The van der Waals surface area contributed by atoms with Crippen LogP contribution in [0.2, 0.25) is 0 Å². The number of halogens is 2. The molecule has 10 heteroatoms. The highest BCUT2D eigenvalue weighted by atomic mass is 19.3. The van der Waals surface area contributed by atoms with E-state index < -0.39 is 30.0 Å². The maximum absolute atomic E-state index is 13.8.